The molecule has 0 aliphatic carbocycles. The number of ether oxygens (including phenoxy) is 1. The van der Waals surface area contributed by atoms with Crippen molar-refractivity contribution in [2.24, 2.45) is 0 Å². The number of hydrogen-bond donors (Lipinski definition) is 0. The molecule has 0 amide bonds. The topological polar surface area (TPSA) is 39.2 Å². The Morgan fingerprint density at radius 1 is 1.69 bits per heavy atom. The lowest BCUT2D eigenvalue weighted by Crippen LogP contribution is -2.08. The van der Waals surface area contributed by atoms with Crippen molar-refractivity contribution in [1.82, 2.24) is 4.98 Å². The van der Waals surface area contributed by atoms with E-state index in [4.69, 9.17) is 11.6 Å². The van der Waals surface area contributed by atoms with E-state index in [1.165, 1.54) is 7.11 Å². The van der Waals surface area contributed by atoms with Crippen LogP contribution in [0.1, 0.15) is 17.7 Å². The van der Waals surface area contributed by atoms with Gasteiger partial charge in [0.2, 0.25) is 0 Å². The van der Waals surface area contributed by atoms with E-state index in [1.807, 2.05) is 0 Å². The van der Waals surface area contributed by atoms with Crippen molar-refractivity contribution in [2.75, 3.05) is 7.11 Å². The molecule has 1 aromatic rings. The minimum Gasteiger partial charge on any atom is -0.469 e. The average Bonchev–Trinajstić information content (AvgIpc) is 2.22. The molecule has 0 radical (unpaired) electrons. The summed E-state index contributed by atoms with van der Waals surface area (Å²) >= 11 is 7.41. The number of pyridine rings is 1. The van der Waals surface area contributed by atoms with E-state index in [9.17, 15) is 13.6 Å². The molecule has 0 bridgehead atoms. The molecule has 0 aliphatic heterocycles. The van der Waals surface area contributed by atoms with Gasteiger partial charge in [0.1, 0.15) is 3.70 Å². The van der Waals surface area contributed by atoms with E-state index >= 15 is 0 Å². The molecule has 16 heavy (non-hydrogen) atoms. The second-order valence-corrected chi connectivity index (χ2v) is 4.28. The Bertz CT molecular complexity index is 415. The molecular weight excluding hydrogens is 354 g/mol. The fourth-order valence-electron chi connectivity index (χ4n) is 1.00. The van der Waals surface area contributed by atoms with Crippen LogP contribution in [0.25, 0.3) is 0 Å². The largest absolute Gasteiger partial charge is 0.469 e. The Labute approximate surface area is 109 Å². The number of carbonyl (C=O) groups is 1. The molecule has 0 saturated heterocycles. The summed E-state index contributed by atoms with van der Waals surface area (Å²) in [4.78, 5) is 14.8. The Kier molecular flexibility index (Phi) is 4.85. The number of esters is 1. The van der Waals surface area contributed by atoms with Gasteiger partial charge in [0.15, 0.2) is 0 Å². The molecule has 7 heteroatoms. The molecule has 1 aromatic heterocycles. The SMILES string of the molecule is COC(=O)Cc1nc(I)c(C(F)F)cc1Cl. The number of aromatic nitrogens is 1. The molecule has 0 unspecified atom stereocenters. The predicted octanol–water partition coefficient (Wildman–Crippen LogP) is 2.99. The van der Waals surface area contributed by atoms with E-state index in [-0.39, 0.29) is 26.4 Å². The van der Waals surface area contributed by atoms with Gasteiger partial charge < -0.3 is 4.74 Å². The molecule has 0 saturated carbocycles. The first-order chi connectivity index (χ1) is 7.45. The summed E-state index contributed by atoms with van der Waals surface area (Å²) in [6.07, 6.45) is -2.77. The number of rotatable bonds is 3. The quantitative estimate of drug-likeness (QED) is 0.472. The highest BCUT2D eigenvalue weighted by Crippen LogP contribution is 2.27. The highest BCUT2D eigenvalue weighted by atomic mass is 127. The van der Waals surface area contributed by atoms with Crippen molar-refractivity contribution in [3.05, 3.63) is 26.0 Å². The number of halogens is 4. The zero-order valence-corrected chi connectivity index (χ0v) is 11.1. The molecule has 0 atom stereocenters. The van der Waals surface area contributed by atoms with Gasteiger partial charge in [-0.2, -0.15) is 0 Å². The van der Waals surface area contributed by atoms with Gasteiger partial charge in [0, 0.05) is 0 Å². The van der Waals surface area contributed by atoms with E-state index in [1.54, 1.807) is 22.6 Å². The van der Waals surface area contributed by atoms with Crippen LogP contribution in [-0.2, 0) is 16.0 Å². The zero-order valence-electron chi connectivity index (χ0n) is 8.14. The summed E-state index contributed by atoms with van der Waals surface area (Å²) in [6, 6.07) is 1.12. The van der Waals surface area contributed by atoms with Gasteiger partial charge in [-0.3, -0.25) is 4.79 Å². The summed E-state index contributed by atoms with van der Waals surface area (Å²) in [5, 5.41) is 0.0427. The lowest BCUT2D eigenvalue weighted by molar-refractivity contribution is -0.139. The van der Waals surface area contributed by atoms with E-state index in [2.05, 4.69) is 9.72 Å². The standard InChI is InChI=1S/C9H7ClF2INO2/c1-16-7(15)3-6-5(10)2-4(8(11)12)9(13)14-6/h2,8H,3H2,1H3. The van der Waals surface area contributed by atoms with Crippen LogP contribution in [0, 0.1) is 3.70 Å². The average molecular weight is 362 g/mol. The van der Waals surface area contributed by atoms with Gasteiger partial charge in [0.25, 0.3) is 6.43 Å². The van der Waals surface area contributed by atoms with Crippen LogP contribution in [0.3, 0.4) is 0 Å². The smallest absolute Gasteiger partial charge is 0.311 e. The lowest BCUT2D eigenvalue weighted by Gasteiger charge is -2.07. The monoisotopic (exact) mass is 361 g/mol. The van der Waals surface area contributed by atoms with Gasteiger partial charge in [-0.15, -0.1) is 0 Å². The summed E-state index contributed by atoms with van der Waals surface area (Å²) in [6.45, 7) is 0. The minimum atomic E-state index is -2.64. The molecule has 1 rings (SSSR count). The Balaban J connectivity index is 3.05. The molecule has 0 spiro atoms. The van der Waals surface area contributed by atoms with Crippen molar-refractivity contribution in [3.8, 4) is 0 Å². The number of carbonyl (C=O) groups excluding carboxylic acids is 1. The van der Waals surface area contributed by atoms with Crippen LogP contribution < -0.4 is 0 Å². The van der Waals surface area contributed by atoms with Gasteiger partial charge in [-0.1, -0.05) is 11.6 Å². The van der Waals surface area contributed by atoms with Crippen LogP contribution in [0.5, 0.6) is 0 Å². The number of alkyl halides is 2. The van der Waals surface area contributed by atoms with E-state index in [0.29, 0.717) is 0 Å². The predicted molar refractivity (Wildman–Crippen MR) is 62.6 cm³/mol. The molecule has 3 nitrogen and oxygen atoms in total. The van der Waals surface area contributed by atoms with Crippen LogP contribution in [0.15, 0.2) is 6.07 Å². The number of methoxy groups -OCH3 is 1. The van der Waals surface area contributed by atoms with Crippen molar-refractivity contribution in [2.45, 2.75) is 12.8 Å². The normalized spacial score (nSPS) is 10.6. The Morgan fingerprint density at radius 2 is 2.31 bits per heavy atom. The third-order valence-electron chi connectivity index (χ3n) is 1.80. The second-order valence-electron chi connectivity index (χ2n) is 2.85. The summed E-state index contributed by atoms with van der Waals surface area (Å²) < 4.78 is 29.5. The Hall–Kier alpha value is -0.500. The maximum absolute atomic E-state index is 12.5. The summed E-state index contributed by atoms with van der Waals surface area (Å²) in [5.41, 5.74) is 0.00142. The summed E-state index contributed by atoms with van der Waals surface area (Å²) in [7, 11) is 1.23. The molecule has 1 heterocycles. The van der Waals surface area contributed by atoms with Crippen LogP contribution in [-0.4, -0.2) is 18.1 Å². The molecule has 88 valence electrons. The van der Waals surface area contributed by atoms with Gasteiger partial charge >= 0.3 is 5.97 Å². The highest BCUT2D eigenvalue weighted by Gasteiger charge is 2.17. The first-order valence-corrected chi connectivity index (χ1v) is 5.61. The first kappa shape index (κ1) is 13.6. The van der Waals surface area contributed by atoms with Gasteiger partial charge in [0.05, 0.1) is 29.8 Å². The van der Waals surface area contributed by atoms with Gasteiger partial charge in [-0.05, 0) is 28.7 Å². The highest BCUT2D eigenvalue weighted by molar-refractivity contribution is 14.1. The van der Waals surface area contributed by atoms with Crippen LogP contribution in [0.4, 0.5) is 8.78 Å². The molecule has 0 aliphatic rings. The van der Waals surface area contributed by atoms with Gasteiger partial charge in [-0.25, -0.2) is 13.8 Å². The van der Waals surface area contributed by atoms with Crippen LogP contribution >= 0.6 is 34.2 Å². The molecule has 0 aromatic carbocycles. The fraction of sp³-hybridized carbons (Fsp3) is 0.333. The second kappa shape index (κ2) is 5.72. The lowest BCUT2D eigenvalue weighted by atomic mass is 10.2. The molecular formula is C9H7ClF2INO2. The van der Waals surface area contributed by atoms with Crippen molar-refractivity contribution in [1.29, 1.82) is 0 Å². The number of nitrogens with zero attached hydrogens (tertiary/aromatic N) is 1. The van der Waals surface area contributed by atoms with Crippen molar-refractivity contribution < 1.29 is 18.3 Å². The first-order valence-electron chi connectivity index (χ1n) is 4.15. The Morgan fingerprint density at radius 3 is 2.81 bits per heavy atom. The third-order valence-corrected chi connectivity index (χ3v) is 3.00. The maximum atomic E-state index is 12.5. The maximum Gasteiger partial charge on any atom is 0.311 e. The number of hydrogen-bond acceptors (Lipinski definition) is 3. The zero-order chi connectivity index (χ0) is 12.3. The van der Waals surface area contributed by atoms with Crippen molar-refractivity contribution >= 4 is 40.2 Å². The van der Waals surface area contributed by atoms with Crippen LogP contribution in [0.2, 0.25) is 5.02 Å². The van der Waals surface area contributed by atoms with Crippen molar-refractivity contribution in [3.63, 3.8) is 0 Å². The molecule has 0 fully saturated rings. The minimum absolute atomic E-state index is 0.0427. The molecule has 0 N–H and O–H groups in total. The fourth-order valence-corrected chi connectivity index (χ4v) is 1.91. The third kappa shape index (κ3) is 3.24. The van der Waals surface area contributed by atoms with E-state index < -0.39 is 12.4 Å². The summed E-state index contributed by atoms with van der Waals surface area (Å²) in [5.74, 6) is -0.519. The van der Waals surface area contributed by atoms with E-state index in [0.717, 1.165) is 6.07 Å².